The highest BCUT2D eigenvalue weighted by atomic mass is 35.5. The summed E-state index contributed by atoms with van der Waals surface area (Å²) in [5, 5.41) is 12.5. The van der Waals surface area contributed by atoms with Gasteiger partial charge in [0, 0.05) is 6.20 Å². The maximum Gasteiger partial charge on any atom is 0.345 e. The van der Waals surface area contributed by atoms with Crippen molar-refractivity contribution in [1.82, 2.24) is 9.97 Å². The Morgan fingerprint density at radius 1 is 1.45 bits per heavy atom. The van der Waals surface area contributed by atoms with Crippen LogP contribution in [0.1, 0.15) is 10.4 Å². The van der Waals surface area contributed by atoms with E-state index in [1.165, 1.54) is 18.3 Å². The quantitative estimate of drug-likeness (QED) is 0.380. The Hall–Kier alpha value is -2.59. The molecule has 0 aromatic carbocycles. The van der Waals surface area contributed by atoms with Crippen LogP contribution in [0.15, 0.2) is 24.5 Å². The van der Waals surface area contributed by atoms with Crippen LogP contribution >= 0.6 is 22.9 Å². The molecule has 114 valence electrons. The van der Waals surface area contributed by atoms with Gasteiger partial charge in [0.05, 0.1) is 10.5 Å². The summed E-state index contributed by atoms with van der Waals surface area (Å²) >= 11 is 6.40. The SMILES string of the molecule is O=C(COC(=O)c1cccnc1Cl)Nc1ncc([N+](=O)[O-])s1. The Labute approximate surface area is 132 Å². The van der Waals surface area contributed by atoms with Crippen molar-refractivity contribution in [3.8, 4) is 0 Å². The summed E-state index contributed by atoms with van der Waals surface area (Å²) in [5.41, 5.74) is 0.0295. The molecule has 0 saturated carbocycles. The number of ether oxygens (including phenoxy) is 1. The fraction of sp³-hybridized carbons (Fsp3) is 0.0909. The molecule has 11 heteroatoms. The second-order valence-electron chi connectivity index (χ2n) is 3.73. The maximum absolute atomic E-state index is 11.7. The van der Waals surface area contributed by atoms with Gasteiger partial charge in [-0.15, -0.1) is 0 Å². The predicted octanol–water partition coefficient (Wildman–Crippen LogP) is 1.90. The molecule has 9 nitrogen and oxygen atoms in total. The number of nitrogens with one attached hydrogen (secondary N) is 1. The summed E-state index contributed by atoms with van der Waals surface area (Å²) in [7, 11) is 0. The molecule has 2 aromatic rings. The molecule has 2 aromatic heterocycles. The number of nitro groups is 1. The van der Waals surface area contributed by atoms with Gasteiger partial charge in [-0.25, -0.2) is 14.8 Å². The first-order chi connectivity index (χ1) is 10.5. The van der Waals surface area contributed by atoms with Crippen LogP contribution in [0.3, 0.4) is 0 Å². The van der Waals surface area contributed by atoms with Crippen LogP contribution in [-0.4, -0.2) is 33.4 Å². The average Bonchev–Trinajstić information content (AvgIpc) is 2.94. The minimum Gasteiger partial charge on any atom is -0.452 e. The summed E-state index contributed by atoms with van der Waals surface area (Å²) in [5.74, 6) is -1.49. The molecular weight excluding hydrogens is 336 g/mol. The van der Waals surface area contributed by atoms with Gasteiger partial charge in [-0.3, -0.25) is 20.2 Å². The Balaban J connectivity index is 1.88. The molecule has 2 rings (SSSR count). The lowest BCUT2D eigenvalue weighted by Gasteiger charge is -2.05. The highest BCUT2D eigenvalue weighted by Gasteiger charge is 2.16. The highest BCUT2D eigenvalue weighted by molar-refractivity contribution is 7.18. The molecule has 0 saturated heterocycles. The second kappa shape index (κ2) is 6.91. The minimum absolute atomic E-state index is 0.0295. The van der Waals surface area contributed by atoms with Gasteiger partial charge >= 0.3 is 11.0 Å². The van der Waals surface area contributed by atoms with Crippen LogP contribution < -0.4 is 5.32 Å². The first-order valence-electron chi connectivity index (χ1n) is 5.65. The molecule has 0 aliphatic carbocycles. The molecule has 0 spiro atoms. The number of carbonyl (C=O) groups excluding carboxylic acids is 2. The smallest absolute Gasteiger partial charge is 0.345 e. The van der Waals surface area contributed by atoms with Crippen LogP contribution in [0.5, 0.6) is 0 Å². The van der Waals surface area contributed by atoms with Crippen molar-refractivity contribution in [2.45, 2.75) is 0 Å². The van der Waals surface area contributed by atoms with Gasteiger partial charge < -0.3 is 4.74 Å². The van der Waals surface area contributed by atoms with Crippen molar-refractivity contribution >= 4 is 44.9 Å². The summed E-state index contributed by atoms with van der Waals surface area (Å²) in [6, 6.07) is 2.90. The predicted molar refractivity (Wildman–Crippen MR) is 76.9 cm³/mol. The van der Waals surface area contributed by atoms with Crippen molar-refractivity contribution in [2.75, 3.05) is 11.9 Å². The lowest BCUT2D eigenvalue weighted by molar-refractivity contribution is -0.380. The molecule has 2 heterocycles. The van der Waals surface area contributed by atoms with Crippen LogP contribution in [0.4, 0.5) is 10.1 Å². The van der Waals surface area contributed by atoms with Crippen LogP contribution in [0.2, 0.25) is 5.15 Å². The van der Waals surface area contributed by atoms with E-state index in [0.717, 1.165) is 6.20 Å². The molecule has 0 radical (unpaired) electrons. The van der Waals surface area contributed by atoms with Crippen LogP contribution in [-0.2, 0) is 9.53 Å². The van der Waals surface area contributed by atoms with E-state index in [4.69, 9.17) is 16.3 Å². The fourth-order valence-corrected chi connectivity index (χ4v) is 2.16. The molecule has 0 fully saturated rings. The third-order valence-corrected chi connectivity index (χ3v) is 3.40. The monoisotopic (exact) mass is 342 g/mol. The number of aromatic nitrogens is 2. The standard InChI is InChI=1S/C11H7ClN4O5S/c12-9-6(2-1-3-13-9)10(18)21-5-7(17)15-11-14-4-8(22-11)16(19)20/h1-4H,5H2,(H,14,15,17). The number of anilines is 1. The average molecular weight is 343 g/mol. The number of esters is 1. The normalized spacial score (nSPS) is 10.0. The van der Waals surface area contributed by atoms with Crippen molar-refractivity contribution in [3.63, 3.8) is 0 Å². The molecule has 1 amide bonds. The summed E-state index contributed by atoms with van der Waals surface area (Å²) in [6.45, 7) is -0.586. The number of halogens is 1. The van der Waals surface area contributed by atoms with Gasteiger partial charge in [-0.1, -0.05) is 11.6 Å². The van der Waals surface area contributed by atoms with E-state index in [9.17, 15) is 19.7 Å². The number of rotatable bonds is 5. The van der Waals surface area contributed by atoms with E-state index >= 15 is 0 Å². The van der Waals surface area contributed by atoms with Gasteiger partial charge in [-0.05, 0) is 23.5 Å². The van der Waals surface area contributed by atoms with Crippen LogP contribution in [0.25, 0.3) is 0 Å². The summed E-state index contributed by atoms with van der Waals surface area (Å²) in [4.78, 5) is 40.5. The number of hydrogen-bond donors (Lipinski definition) is 1. The van der Waals surface area contributed by atoms with Crippen molar-refractivity contribution in [2.24, 2.45) is 0 Å². The molecular formula is C11H7ClN4O5S. The van der Waals surface area contributed by atoms with Gasteiger partial charge in [0.15, 0.2) is 11.7 Å². The summed E-state index contributed by atoms with van der Waals surface area (Å²) in [6.07, 6.45) is 2.42. The van der Waals surface area contributed by atoms with Crippen LogP contribution in [0, 0.1) is 10.1 Å². The van der Waals surface area contributed by atoms with Gasteiger partial charge in [0.25, 0.3) is 5.91 Å². The largest absolute Gasteiger partial charge is 0.452 e. The second-order valence-corrected chi connectivity index (χ2v) is 5.09. The van der Waals surface area contributed by atoms with Crippen molar-refractivity contribution in [1.29, 1.82) is 0 Å². The first-order valence-corrected chi connectivity index (χ1v) is 6.84. The van der Waals surface area contributed by atoms with E-state index in [1.807, 2.05) is 0 Å². The molecule has 0 bridgehead atoms. The highest BCUT2D eigenvalue weighted by Crippen LogP contribution is 2.24. The Bertz CT molecular complexity index is 735. The third-order valence-electron chi connectivity index (χ3n) is 2.23. The fourth-order valence-electron chi connectivity index (χ4n) is 1.31. The number of carbonyl (C=O) groups is 2. The molecule has 0 aliphatic rings. The summed E-state index contributed by atoms with van der Waals surface area (Å²) < 4.78 is 4.76. The zero-order valence-corrected chi connectivity index (χ0v) is 12.3. The lowest BCUT2D eigenvalue weighted by atomic mass is 10.3. The lowest BCUT2D eigenvalue weighted by Crippen LogP contribution is -2.21. The zero-order valence-electron chi connectivity index (χ0n) is 10.7. The topological polar surface area (TPSA) is 124 Å². The molecule has 0 atom stereocenters. The number of pyridine rings is 1. The van der Waals surface area contributed by atoms with E-state index in [2.05, 4.69) is 15.3 Å². The van der Waals surface area contributed by atoms with Gasteiger partial charge in [0.2, 0.25) is 0 Å². The Morgan fingerprint density at radius 2 is 2.23 bits per heavy atom. The number of thiazole rings is 1. The first kappa shape index (κ1) is 15.8. The number of nitrogens with zero attached hydrogens (tertiary/aromatic N) is 3. The van der Waals surface area contributed by atoms with E-state index in [-0.39, 0.29) is 20.8 Å². The molecule has 0 aliphatic heterocycles. The van der Waals surface area contributed by atoms with E-state index < -0.39 is 23.4 Å². The van der Waals surface area contributed by atoms with Crippen molar-refractivity contribution in [3.05, 3.63) is 45.4 Å². The zero-order chi connectivity index (χ0) is 16.1. The minimum atomic E-state index is -0.807. The van der Waals surface area contributed by atoms with E-state index in [1.54, 1.807) is 0 Å². The van der Waals surface area contributed by atoms with Crippen molar-refractivity contribution < 1.29 is 19.2 Å². The van der Waals surface area contributed by atoms with E-state index in [0.29, 0.717) is 11.3 Å². The molecule has 1 N–H and O–H groups in total. The Kier molecular flexibility index (Phi) is 4.96. The van der Waals surface area contributed by atoms with Gasteiger partial charge in [-0.2, -0.15) is 0 Å². The Morgan fingerprint density at radius 3 is 2.86 bits per heavy atom. The molecule has 22 heavy (non-hydrogen) atoms. The number of hydrogen-bond acceptors (Lipinski definition) is 8. The number of amides is 1. The maximum atomic E-state index is 11.7. The third kappa shape index (κ3) is 3.96. The molecule has 0 unspecified atom stereocenters. The van der Waals surface area contributed by atoms with Gasteiger partial charge in [0.1, 0.15) is 11.3 Å².